The molecule has 0 spiro atoms. The topological polar surface area (TPSA) is 56.0 Å². The Bertz CT molecular complexity index is 716. The molecule has 2 aromatic carbocycles. The maximum absolute atomic E-state index is 10.6. The summed E-state index contributed by atoms with van der Waals surface area (Å²) in [5, 5.41) is 0.938. The van der Waals surface area contributed by atoms with E-state index in [0.29, 0.717) is 5.56 Å². The Kier molecular flexibility index (Phi) is 2.57. The van der Waals surface area contributed by atoms with Crippen molar-refractivity contribution in [1.29, 1.82) is 0 Å². The van der Waals surface area contributed by atoms with Crippen molar-refractivity contribution in [2.24, 2.45) is 0 Å². The summed E-state index contributed by atoms with van der Waals surface area (Å²) in [4.78, 5) is 15.2. The molecule has 2 N–H and O–H groups in total. The van der Waals surface area contributed by atoms with Crippen LogP contribution in [0.1, 0.15) is 10.4 Å². The van der Waals surface area contributed by atoms with Crippen molar-refractivity contribution in [2.75, 3.05) is 5.73 Å². The van der Waals surface area contributed by atoms with Crippen molar-refractivity contribution in [3.63, 3.8) is 0 Å². The maximum Gasteiger partial charge on any atom is 0.150 e. The molecule has 0 radical (unpaired) electrons. The van der Waals surface area contributed by atoms with Crippen LogP contribution < -0.4 is 5.73 Å². The molecule has 0 unspecified atom stereocenters. The molecule has 18 heavy (non-hydrogen) atoms. The van der Waals surface area contributed by atoms with Gasteiger partial charge in [-0.3, -0.25) is 4.79 Å². The van der Waals surface area contributed by atoms with Crippen LogP contribution in [0.3, 0.4) is 0 Å². The van der Waals surface area contributed by atoms with E-state index in [1.54, 1.807) is 23.5 Å². The van der Waals surface area contributed by atoms with Gasteiger partial charge in [0.15, 0.2) is 0 Å². The number of hydrogen-bond donors (Lipinski definition) is 1. The monoisotopic (exact) mass is 254 g/mol. The van der Waals surface area contributed by atoms with Crippen molar-refractivity contribution in [2.45, 2.75) is 0 Å². The number of nitrogens with zero attached hydrogens (tertiary/aromatic N) is 1. The normalized spacial score (nSPS) is 10.7. The predicted molar refractivity (Wildman–Crippen MR) is 74.9 cm³/mol. The lowest BCUT2D eigenvalue weighted by Gasteiger charge is -1.95. The summed E-state index contributed by atoms with van der Waals surface area (Å²) in [5.41, 5.74) is 9.13. The summed E-state index contributed by atoms with van der Waals surface area (Å²) in [6.07, 6.45) is 0.836. The second-order valence-electron chi connectivity index (χ2n) is 3.99. The number of rotatable bonds is 2. The fourth-order valence-electron chi connectivity index (χ4n) is 1.77. The molecule has 0 atom stereocenters. The lowest BCUT2D eigenvalue weighted by molar-refractivity contribution is 0.112. The van der Waals surface area contributed by atoms with E-state index in [0.717, 1.165) is 32.8 Å². The Balaban J connectivity index is 2.10. The second kappa shape index (κ2) is 4.23. The van der Waals surface area contributed by atoms with Crippen LogP contribution in [-0.2, 0) is 0 Å². The average Bonchev–Trinajstić information content (AvgIpc) is 2.81. The molecule has 3 nitrogen and oxygen atoms in total. The standard InChI is InChI=1S/C14H10N2OS/c15-11-5-6-12-13(7-11)18-14(16-12)10-3-1-9(8-17)2-4-10/h1-8H,15H2. The summed E-state index contributed by atoms with van der Waals surface area (Å²) < 4.78 is 1.07. The van der Waals surface area contributed by atoms with E-state index >= 15 is 0 Å². The molecule has 0 aliphatic rings. The minimum atomic E-state index is 0.670. The van der Waals surface area contributed by atoms with Crippen LogP contribution in [0.2, 0.25) is 0 Å². The first-order valence-corrected chi connectivity index (χ1v) is 6.29. The highest BCUT2D eigenvalue weighted by atomic mass is 32.1. The Morgan fingerprint density at radius 2 is 1.89 bits per heavy atom. The van der Waals surface area contributed by atoms with Gasteiger partial charge in [0.2, 0.25) is 0 Å². The van der Waals surface area contributed by atoms with Crippen molar-refractivity contribution in [3.05, 3.63) is 48.0 Å². The number of carbonyl (C=O) groups excluding carboxylic acids is 1. The predicted octanol–water partition coefficient (Wildman–Crippen LogP) is 3.36. The van der Waals surface area contributed by atoms with Gasteiger partial charge < -0.3 is 5.73 Å². The maximum atomic E-state index is 10.6. The molecule has 3 aromatic rings. The molecule has 4 heteroatoms. The van der Waals surface area contributed by atoms with E-state index in [9.17, 15) is 4.79 Å². The molecule has 0 saturated carbocycles. The molecule has 1 heterocycles. The van der Waals surface area contributed by atoms with Crippen LogP contribution in [0.4, 0.5) is 5.69 Å². The Morgan fingerprint density at radius 3 is 2.61 bits per heavy atom. The third kappa shape index (κ3) is 1.87. The zero-order valence-electron chi connectivity index (χ0n) is 9.46. The molecule has 0 amide bonds. The van der Waals surface area contributed by atoms with Gasteiger partial charge in [0, 0.05) is 16.8 Å². The van der Waals surface area contributed by atoms with Gasteiger partial charge in [-0.15, -0.1) is 11.3 Å². The SMILES string of the molecule is Nc1ccc2nc(-c3ccc(C=O)cc3)sc2c1. The number of aromatic nitrogens is 1. The fourth-order valence-corrected chi connectivity index (χ4v) is 2.79. The van der Waals surface area contributed by atoms with Crippen molar-refractivity contribution < 1.29 is 4.79 Å². The molecule has 0 saturated heterocycles. The van der Waals surface area contributed by atoms with Crippen LogP contribution in [0.5, 0.6) is 0 Å². The third-order valence-corrected chi connectivity index (χ3v) is 3.77. The van der Waals surface area contributed by atoms with Crippen LogP contribution in [0.25, 0.3) is 20.8 Å². The third-order valence-electron chi connectivity index (χ3n) is 2.71. The van der Waals surface area contributed by atoms with Gasteiger partial charge in [0.1, 0.15) is 11.3 Å². The molecule has 0 aliphatic heterocycles. The van der Waals surface area contributed by atoms with E-state index in [-0.39, 0.29) is 0 Å². The minimum absolute atomic E-state index is 0.670. The molecular formula is C14H10N2OS. The van der Waals surface area contributed by atoms with Crippen LogP contribution in [0, 0.1) is 0 Å². The zero-order chi connectivity index (χ0) is 12.5. The first kappa shape index (κ1) is 10.9. The molecule has 1 aromatic heterocycles. The quantitative estimate of drug-likeness (QED) is 0.563. The van der Waals surface area contributed by atoms with Crippen LogP contribution in [-0.4, -0.2) is 11.3 Å². The van der Waals surface area contributed by atoms with Gasteiger partial charge in [-0.25, -0.2) is 4.98 Å². The number of hydrogen-bond acceptors (Lipinski definition) is 4. The number of thiazole rings is 1. The zero-order valence-corrected chi connectivity index (χ0v) is 10.3. The van der Waals surface area contributed by atoms with Crippen LogP contribution in [0.15, 0.2) is 42.5 Å². The highest BCUT2D eigenvalue weighted by molar-refractivity contribution is 7.21. The first-order valence-electron chi connectivity index (χ1n) is 5.48. The molecule has 0 bridgehead atoms. The summed E-state index contributed by atoms with van der Waals surface area (Å²) in [6, 6.07) is 13.1. The molecule has 0 fully saturated rings. The Labute approximate surface area is 108 Å². The van der Waals surface area contributed by atoms with E-state index in [1.165, 1.54) is 0 Å². The lowest BCUT2D eigenvalue weighted by Crippen LogP contribution is -1.81. The highest BCUT2D eigenvalue weighted by Crippen LogP contribution is 2.31. The first-order chi connectivity index (χ1) is 8.76. The van der Waals surface area contributed by atoms with Crippen molar-refractivity contribution in [3.8, 4) is 10.6 Å². The van der Waals surface area contributed by atoms with Crippen molar-refractivity contribution in [1.82, 2.24) is 4.98 Å². The molecular weight excluding hydrogens is 244 g/mol. The smallest absolute Gasteiger partial charge is 0.150 e. The molecule has 0 aliphatic carbocycles. The number of anilines is 1. The van der Waals surface area contributed by atoms with E-state index in [2.05, 4.69) is 4.98 Å². The van der Waals surface area contributed by atoms with Crippen LogP contribution >= 0.6 is 11.3 Å². The number of aldehydes is 1. The van der Waals surface area contributed by atoms with Gasteiger partial charge in [-0.1, -0.05) is 24.3 Å². The molecule has 88 valence electrons. The minimum Gasteiger partial charge on any atom is -0.399 e. The number of benzene rings is 2. The summed E-state index contributed by atoms with van der Waals surface area (Å²) in [7, 11) is 0. The Morgan fingerprint density at radius 1 is 1.11 bits per heavy atom. The largest absolute Gasteiger partial charge is 0.399 e. The number of carbonyl (C=O) groups is 1. The number of nitrogens with two attached hydrogens (primary N) is 1. The Hall–Kier alpha value is -2.20. The molecule has 3 rings (SSSR count). The summed E-state index contributed by atoms with van der Waals surface area (Å²) in [6.45, 7) is 0. The van der Waals surface area contributed by atoms with Gasteiger partial charge in [0.05, 0.1) is 10.2 Å². The highest BCUT2D eigenvalue weighted by Gasteiger charge is 2.06. The van der Waals surface area contributed by atoms with E-state index < -0.39 is 0 Å². The van der Waals surface area contributed by atoms with E-state index in [1.807, 2.05) is 30.3 Å². The summed E-state index contributed by atoms with van der Waals surface area (Å²) >= 11 is 1.60. The number of nitrogen functional groups attached to an aromatic ring is 1. The number of fused-ring (bicyclic) bond motifs is 1. The fraction of sp³-hybridized carbons (Fsp3) is 0. The van der Waals surface area contributed by atoms with Gasteiger partial charge in [0.25, 0.3) is 0 Å². The van der Waals surface area contributed by atoms with Gasteiger partial charge >= 0.3 is 0 Å². The van der Waals surface area contributed by atoms with E-state index in [4.69, 9.17) is 5.73 Å². The van der Waals surface area contributed by atoms with Gasteiger partial charge in [-0.2, -0.15) is 0 Å². The average molecular weight is 254 g/mol. The van der Waals surface area contributed by atoms with Crippen molar-refractivity contribution >= 4 is 33.5 Å². The summed E-state index contributed by atoms with van der Waals surface area (Å²) in [5.74, 6) is 0. The second-order valence-corrected chi connectivity index (χ2v) is 5.02. The van der Waals surface area contributed by atoms with Gasteiger partial charge in [-0.05, 0) is 18.2 Å². The lowest BCUT2D eigenvalue weighted by atomic mass is 10.1.